The Morgan fingerprint density at radius 1 is 1.24 bits per heavy atom. The fraction of sp³-hybridized carbons (Fsp3) is 0.353. The van der Waals surface area contributed by atoms with E-state index in [2.05, 4.69) is 17.0 Å². The number of nitrogens with zero attached hydrogens (tertiary/aromatic N) is 1. The van der Waals surface area contributed by atoms with Crippen LogP contribution in [-0.2, 0) is 4.74 Å². The largest absolute Gasteiger partial charge is 0.384 e. The molecule has 0 radical (unpaired) electrons. The molecule has 3 rings (SSSR count). The van der Waals surface area contributed by atoms with E-state index in [1.165, 1.54) is 18.5 Å². The summed E-state index contributed by atoms with van der Waals surface area (Å²) in [5, 5.41) is 9.95. The molecule has 21 heavy (non-hydrogen) atoms. The number of amidine groups is 1. The van der Waals surface area contributed by atoms with Crippen LogP contribution in [-0.4, -0.2) is 32.1 Å². The molecule has 0 aromatic heterocycles. The number of nitrogens with two attached hydrogens (primary N) is 1. The number of rotatable bonds is 6. The van der Waals surface area contributed by atoms with Crippen LogP contribution < -0.4 is 10.6 Å². The van der Waals surface area contributed by atoms with Crippen LogP contribution in [0, 0.1) is 5.41 Å². The summed E-state index contributed by atoms with van der Waals surface area (Å²) in [5.41, 5.74) is 7.73. The van der Waals surface area contributed by atoms with Gasteiger partial charge in [-0.3, -0.25) is 5.41 Å². The minimum atomic E-state index is 0.118. The molecule has 4 nitrogen and oxygen atoms in total. The number of nitrogen functional groups attached to an aromatic ring is 1. The number of ether oxygens (including phenoxy) is 1. The third kappa shape index (κ3) is 2.72. The number of benzene rings is 2. The highest BCUT2D eigenvalue weighted by Crippen LogP contribution is 2.36. The SMILES string of the molecule is COCCN(c1ccc(C(=N)N)c2ccccc12)C1CC1. The van der Waals surface area contributed by atoms with Crippen LogP contribution in [0.3, 0.4) is 0 Å². The van der Waals surface area contributed by atoms with E-state index in [4.69, 9.17) is 15.9 Å². The van der Waals surface area contributed by atoms with Gasteiger partial charge in [-0.05, 0) is 30.4 Å². The fourth-order valence-corrected chi connectivity index (χ4v) is 2.84. The molecule has 0 saturated heterocycles. The lowest BCUT2D eigenvalue weighted by atomic mass is 10.0. The molecule has 0 spiro atoms. The van der Waals surface area contributed by atoms with Crippen LogP contribution in [0.25, 0.3) is 10.8 Å². The van der Waals surface area contributed by atoms with Gasteiger partial charge in [-0.25, -0.2) is 0 Å². The van der Waals surface area contributed by atoms with Crippen molar-refractivity contribution in [1.82, 2.24) is 0 Å². The van der Waals surface area contributed by atoms with Gasteiger partial charge in [0.25, 0.3) is 0 Å². The number of nitrogens with one attached hydrogen (secondary N) is 1. The van der Waals surface area contributed by atoms with Crippen molar-refractivity contribution in [3.8, 4) is 0 Å². The Kier molecular flexibility index (Phi) is 3.80. The van der Waals surface area contributed by atoms with Crippen LogP contribution >= 0.6 is 0 Å². The van der Waals surface area contributed by atoms with Crippen molar-refractivity contribution in [2.45, 2.75) is 18.9 Å². The van der Waals surface area contributed by atoms with Crippen molar-refractivity contribution in [1.29, 1.82) is 5.41 Å². The second kappa shape index (κ2) is 5.74. The first-order valence-electron chi connectivity index (χ1n) is 7.34. The van der Waals surface area contributed by atoms with Gasteiger partial charge in [0.1, 0.15) is 5.84 Å². The summed E-state index contributed by atoms with van der Waals surface area (Å²) in [6.07, 6.45) is 2.49. The minimum Gasteiger partial charge on any atom is -0.384 e. The molecular weight excluding hydrogens is 262 g/mol. The van der Waals surface area contributed by atoms with Crippen LogP contribution in [0.15, 0.2) is 36.4 Å². The zero-order valence-corrected chi connectivity index (χ0v) is 12.3. The Balaban J connectivity index is 2.09. The molecule has 3 N–H and O–H groups in total. The van der Waals surface area contributed by atoms with E-state index < -0.39 is 0 Å². The van der Waals surface area contributed by atoms with Crippen LogP contribution in [0.5, 0.6) is 0 Å². The predicted molar refractivity (Wildman–Crippen MR) is 87.2 cm³/mol. The summed E-state index contributed by atoms with van der Waals surface area (Å²) in [6.45, 7) is 1.61. The van der Waals surface area contributed by atoms with E-state index in [0.717, 1.165) is 29.5 Å². The number of hydrogen-bond acceptors (Lipinski definition) is 3. The van der Waals surface area contributed by atoms with Gasteiger partial charge in [-0.2, -0.15) is 0 Å². The number of anilines is 1. The minimum absolute atomic E-state index is 0.118. The summed E-state index contributed by atoms with van der Waals surface area (Å²) in [6, 6.07) is 12.9. The standard InChI is InChI=1S/C17H21N3O/c1-21-11-10-20(12-6-7-12)16-9-8-15(17(18)19)13-4-2-3-5-14(13)16/h2-5,8-9,12H,6-7,10-11H2,1H3,(H3,18,19). The van der Waals surface area contributed by atoms with E-state index in [-0.39, 0.29) is 5.84 Å². The molecule has 0 heterocycles. The molecule has 0 unspecified atom stereocenters. The maximum absolute atomic E-state index is 7.75. The lowest BCUT2D eigenvalue weighted by Gasteiger charge is -2.26. The summed E-state index contributed by atoms with van der Waals surface area (Å²) in [7, 11) is 1.74. The molecule has 0 bridgehead atoms. The zero-order chi connectivity index (χ0) is 14.8. The first-order valence-corrected chi connectivity index (χ1v) is 7.34. The smallest absolute Gasteiger partial charge is 0.123 e. The molecule has 2 aromatic rings. The van der Waals surface area contributed by atoms with Gasteiger partial charge in [0.2, 0.25) is 0 Å². The normalized spacial score (nSPS) is 14.3. The van der Waals surface area contributed by atoms with Gasteiger partial charge in [-0.1, -0.05) is 24.3 Å². The van der Waals surface area contributed by atoms with Gasteiger partial charge in [0.05, 0.1) is 6.61 Å². The average Bonchev–Trinajstić information content (AvgIpc) is 3.32. The number of hydrogen-bond donors (Lipinski definition) is 2. The lowest BCUT2D eigenvalue weighted by Crippen LogP contribution is -2.29. The average molecular weight is 283 g/mol. The van der Waals surface area contributed by atoms with Gasteiger partial charge >= 0.3 is 0 Å². The van der Waals surface area contributed by atoms with Crippen molar-refractivity contribution in [3.05, 3.63) is 42.0 Å². The molecule has 1 saturated carbocycles. The zero-order valence-electron chi connectivity index (χ0n) is 12.3. The molecule has 1 aliphatic rings. The maximum Gasteiger partial charge on any atom is 0.123 e. The van der Waals surface area contributed by atoms with E-state index in [9.17, 15) is 0 Å². The first-order chi connectivity index (χ1) is 10.2. The quantitative estimate of drug-likeness (QED) is 0.633. The second-order valence-corrected chi connectivity index (χ2v) is 5.51. The molecule has 2 aromatic carbocycles. The Morgan fingerprint density at radius 3 is 2.57 bits per heavy atom. The highest BCUT2D eigenvalue weighted by Gasteiger charge is 2.30. The number of methoxy groups -OCH3 is 1. The molecular formula is C17H21N3O. The first kappa shape index (κ1) is 13.9. The monoisotopic (exact) mass is 283 g/mol. The second-order valence-electron chi connectivity index (χ2n) is 5.51. The lowest BCUT2D eigenvalue weighted by molar-refractivity contribution is 0.205. The Morgan fingerprint density at radius 2 is 1.95 bits per heavy atom. The highest BCUT2D eigenvalue weighted by molar-refractivity contribution is 6.10. The van der Waals surface area contributed by atoms with E-state index in [1.807, 2.05) is 24.3 Å². The Bertz CT molecular complexity index is 664. The van der Waals surface area contributed by atoms with Gasteiger partial charge in [0.15, 0.2) is 0 Å². The maximum atomic E-state index is 7.75. The van der Waals surface area contributed by atoms with Crippen molar-refractivity contribution in [3.63, 3.8) is 0 Å². The van der Waals surface area contributed by atoms with Gasteiger partial charge in [-0.15, -0.1) is 0 Å². The molecule has 1 fully saturated rings. The summed E-state index contributed by atoms with van der Waals surface area (Å²) in [5.74, 6) is 0.118. The van der Waals surface area contributed by atoms with E-state index in [0.29, 0.717) is 6.04 Å². The summed E-state index contributed by atoms with van der Waals surface area (Å²) in [4.78, 5) is 2.43. The van der Waals surface area contributed by atoms with Crippen molar-refractivity contribution in [2.75, 3.05) is 25.2 Å². The number of fused-ring (bicyclic) bond motifs is 1. The third-order valence-corrected chi connectivity index (χ3v) is 4.02. The van der Waals surface area contributed by atoms with E-state index in [1.54, 1.807) is 7.11 Å². The fourth-order valence-electron chi connectivity index (χ4n) is 2.84. The molecule has 0 aliphatic heterocycles. The van der Waals surface area contributed by atoms with E-state index >= 15 is 0 Å². The van der Waals surface area contributed by atoms with Crippen LogP contribution in [0.2, 0.25) is 0 Å². The summed E-state index contributed by atoms with van der Waals surface area (Å²) < 4.78 is 5.25. The highest BCUT2D eigenvalue weighted by atomic mass is 16.5. The molecule has 0 amide bonds. The molecule has 4 heteroatoms. The van der Waals surface area contributed by atoms with Gasteiger partial charge in [0, 0.05) is 36.3 Å². The molecule has 110 valence electrons. The van der Waals surface area contributed by atoms with Crippen molar-refractivity contribution < 1.29 is 4.74 Å². The third-order valence-electron chi connectivity index (χ3n) is 4.02. The van der Waals surface area contributed by atoms with Gasteiger partial charge < -0.3 is 15.4 Å². The molecule has 1 aliphatic carbocycles. The van der Waals surface area contributed by atoms with Crippen molar-refractivity contribution in [2.24, 2.45) is 5.73 Å². The van der Waals surface area contributed by atoms with Crippen LogP contribution in [0.1, 0.15) is 18.4 Å². The predicted octanol–water partition coefficient (Wildman–Crippen LogP) is 2.74. The topological polar surface area (TPSA) is 62.3 Å². The Labute approximate surface area is 125 Å². The van der Waals surface area contributed by atoms with Crippen LogP contribution in [0.4, 0.5) is 5.69 Å². The Hall–Kier alpha value is -2.07. The van der Waals surface area contributed by atoms with Crippen molar-refractivity contribution >= 4 is 22.3 Å². The molecule has 0 atom stereocenters. The summed E-state index contributed by atoms with van der Waals surface area (Å²) >= 11 is 0.